The van der Waals surface area contributed by atoms with E-state index in [0.717, 1.165) is 27.7 Å². The van der Waals surface area contributed by atoms with Crippen molar-refractivity contribution >= 4 is 28.5 Å². The third kappa shape index (κ3) is 3.52. The number of esters is 1. The number of benzene rings is 2. The smallest absolute Gasteiger partial charge is 0.340 e. The quantitative estimate of drug-likeness (QED) is 0.578. The monoisotopic (exact) mass is 353 g/mol. The molecule has 0 aliphatic rings. The normalized spacial score (nSPS) is 11.1. The van der Waals surface area contributed by atoms with Gasteiger partial charge in [0, 0.05) is 16.0 Å². The zero-order valence-corrected chi connectivity index (χ0v) is 15.3. The SMILES string of the molecule is COC(=O)c1c(CC(C)C)nc2ccc(Cl)cc2c1-c1ccccc1. The van der Waals surface area contributed by atoms with Gasteiger partial charge in [0.15, 0.2) is 0 Å². The first-order chi connectivity index (χ1) is 12.0. The van der Waals surface area contributed by atoms with Gasteiger partial charge in [-0.25, -0.2) is 4.79 Å². The van der Waals surface area contributed by atoms with E-state index in [1.54, 1.807) is 0 Å². The molecule has 25 heavy (non-hydrogen) atoms. The highest BCUT2D eigenvalue weighted by Gasteiger charge is 2.23. The summed E-state index contributed by atoms with van der Waals surface area (Å²) in [6.45, 7) is 4.22. The number of carbonyl (C=O) groups excluding carboxylic acids is 1. The summed E-state index contributed by atoms with van der Waals surface area (Å²) in [5.41, 5.74) is 3.89. The number of carbonyl (C=O) groups is 1. The Bertz CT molecular complexity index is 920. The second-order valence-electron chi connectivity index (χ2n) is 6.43. The zero-order valence-electron chi connectivity index (χ0n) is 14.5. The maximum Gasteiger partial charge on any atom is 0.340 e. The van der Waals surface area contributed by atoms with Crippen molar-refractivity contribution in [3.63, 3.8) is 0 Å². The summed E-state index contributed by atoms with van der Waals surface area (Å²) in [4.78, 5) is 17.4. The Morgan fingerprint density at radius 3 is 2.52 bits per heavy atom. The van der Waals surface area contributed by atoms with Gasteiger partial charge in [0.1, 0.15) is 0 Å². The molecule has 0 amide bonds. The highest BCUT2D eigenvalue weighted by Crippen LogP contribution is 2.35. The van der Waals surface area contributed by atoms with Gasteiger partial charge in [0.25, 0.3) is 0 Å². The summed E-state index contributed by atoms with van der Waals surface area (Å²) < 4.78 is 5.09. The van der Waals surface area contributed by atoms with Crippen LogP contribution < -0.4 is 0 Å². The predicted octanol–water partition coefficient (Wildman–Crippen LogP) is 5.54. The molecular weight excluding hydrogens is 334 g/mol. The number of hydrogen-bond donors (Lipinski definition) is 0. The molecule has 0 aliphatic carbocycles. The molecule has 0 saturated heterocycles. The van der Waals surface area contributed by atoms with Crippen LogP contribution in [0.2, 0.25) is 5.02 Å². The predicted molar refractivity (Wildman–Crippen MR) is 102 cm³/mol. The van der Waals surface area contributed by atoms with Gasteiger partial charge in [-0.1, -0.05) is 55.8 Å². The van der Waals surface area contributed by atoms with Crippen molar-refractivity contribution < 1.29 is 9.53 Å². The van der Waals surface area contributed by atoms with Crippen LogP contribution in [0, 0.1) is 5.92 Å². The fraction of sp³-hybridized carbons (Fsp3) is 0.238. The molecule has 0 bridgehead atoms. The van der Waals surface area contributed by atoms with Gasteiger partial charge in [-0.05, 0) is 36.1 Å². The van der Waals surface area contributed by atoms with Gasteiger partial charge in [-0.2, -0.15) is 0 Å². The molecule has 3 rings (SSSR count). The third-order valence-corrected chi connectivity index (χ3v) is 4.31. The molecule has 3 nitrogen and oxygen atoms in total. The molecule has 0 fully saturated rings. The highest BCUT2D eigenvalue weighted by molar-refractivity contribution is 6.31. The van der Waals surface area contributed by atoms with Gasteiger partial charge in [-0.3, -0.25) is 4.98 Å². The molecule has 1 heterocycles. The van der Waals surface area contributed by atoms with Crippen LogP contribution in [0.1, 0.15) is 29.9 Å². The minimum atomic E-state index is -0.371. The molecule has 0 aliphatic heterocycles. The topological polar surface area (TPSA) is 39.2 Å². The molecular formula is C21H20ClNO2. The summed E-state index contributed by atoms with van der Waals surface area (Å²) in [7, 11) is 1.40. The van der Waals surface area contributed by atoms with Crippen molar-refractivity contribution in [2.45, 2.75) is 20.3 Å². The summed E-state index contributed by atoms with van der Waals surface area (Å²) in [5, 5.41) is 1.46. The summed E-state index contributed by atoms with van der Waals surface area (Å²) in [5.74, 6) is -0.00633. The molecule has 128 valence electrons. The Labute approximate surface area is 152 Å². The Balaban J connectivity index is 2.44. The minimum Gasteiger partial charge on any atom is -0.465 e. The number of pyridine rings is 1. The van der Waals surface area contributed by atoms with Gasteiger partial charge >= 0.3 is 5.97 Å². The standard InChI is InChI=1S/C21H20ClNO2/c1-13(2)11-18-20(21(24)25-3)19(14-7-5-4-6-8-14)16-12-15(22)9-10-17(16)23-18/h4-10,12-13H,11H2,1-3H3. The first-order valence-corrected chi connectivity index (χ1v) is 8.65. The van der Waals surface area contributed by atoms with Crippen molar-refractivity contribution in [1.82, 2.24) is 4.98 Å². The van der Waals surface area contributed by atoms with E-state index in [1.807, 2.05) is 48.5 Å². The van der Waals surface area contributed by atoms with E-state index in [9.17, 15) is 4.79 Å². The van der Waals surface area contributed by atoms with Crippen LogP contribution >= 0.6 is 11.6 Å². The van der Waals surface area contributed by atoms with Crippen LogP contribution in [0.5, 0.6) is 0 Å². The molecule has 2 aromatic carbocycles. The fourth-order valence-electron chi connectivity index (χ4n) is 3.05. The van der Waals surface area contributed by atoms with Crippen molar-refractivity contribution in [1.29, 1.82) is 0 Å². The summed E-state index contributed by atoms with van der Waals surface area (Å²) in [6, 6.07) is 15.4. The maximum absolute atomic E-state index is 12.6. The van der Waals surface area contributed by atoms with Crippen LogP contribution in [0.15, 0.2) is 48.5 Å². The second kappa shape index (κ2) is 7.24. The Kier molecular flexibility index (Phi) is 5.05. The van der Waals surface area contributed by atoms with Crippen LogP contribution in [-0.2, 0) is 11.2 Å². The van der Waals surface area contributed by atoms with Crippen molar-refractivity contribution in [2.75, 3.05) is 7.11 Å². The lowest BCUT2D eigenvalue weighted by molar-refractivity contribution is 0.0600. The van der Waals surface area contributed by atoms with E-state index in [4.69, 9.17) is 21.3 Å². The lowest BCUT2D eigenvalue weighted by atomic mass is 9.91. The van der Waals surface area contributed by atoms with E-state index in [1.165, 1.54) is 7.11 Å². The Hall–Kier alpha value is -2.39. The number of rotatable bonds is 4. The van der Waals surface area contributed by atoms with Crippen molar-refractivity contribution in [2.24, 2.45) is 5.92 Å². The Morgan fingerprint density at radius 1 is 1.16 bits per heavy atom. The van der Waals surface area contributed by atoms with Gasteiger partial charge in [0.2, 0.25) is 0 Å². The number of halogens is 1. The summed E-state index contributed by atoms with van der Waals surface area (Å²) >= 11 is 6.22. The molecule has 3 aromatic rings. The van der Waals surface area contributed by atoms with Crippen LogP contribution in [0.4, 0.5) is 0 Å². The maximum atomic E-state index is 12.6. The molecule has 0 unspecified atom stereocenters. The average molecular weight is 354 g/mol. The molecule has 0 saturated carbocycles. The number of methoxy groups -OCH3 is 1. The fourth-order valence-corrected chi connectivity index (χ4v) is 3.22. The van der Waals surface area contributed by atoms with Crippen molar-refractivity contribution in [3.05, 3.63) is 64.8 Å². The highest BCUT2D eigenvalue weighted by atomic mass is 35.5. The van der Waals surface area contributed by atoms with E-state index in [0.29, 0.717) is 22.9 Å². The molecule has 0 N–H and O–H groups in total. The van der Waals surface area contributed by atoms with E-state index < -0.39 is 0 Å². The number of fused-ring (bicyclic) bond motifs is 1. The van der Waals surface area contributed by atoms with Crippen LogP contribution in [-0.4, -0.2) is 18.1 Å². The number of ether oxygens (including phenoxy) is 1. The lowest BCUT2D eigenvalue weighted by Crippen LogP contribution is -2.12. The largest absolute Gasteiger partial charge is 0.465 e. The first-order valence-electron chi connectivity index (χ1n) is 8.27. The lowest BCUT2D eigenvalue weighted by Gasteiger charge is -2.17. The Morgan fingerprint density at radius 2 is 1.88 bits per heavy atom. The van der Waals surface area contributed by atoms with E-state index in [2.05, 4.69) is 13.8 Å². The molecule has 0 radical (unpaired) electrons. The third-order valence-electron chi connectivity index (χ3n) is 4.08. The number of aromatic nitrogens is 1. The molecule has 1 aromatic heterocycles. The van der Waals surface area contributed by atoms with Gasteiger partial charge < -0.3 is 4.74 Å². The van der Waals surface area contributed by atoms with Crippen molar-refractivity contribution in [3.8, 4) is 11.1 Å². The van der Waals surface area contributed by atoms with E-state index >= 15 is 0 Å². The minimum absolute atomic E-state index is 0.365. The van der Waals surface area contributed by atoms with Gasteiger partial charge in [-0.15, -0.1) is 0 Å². The van der Waals surface area contributed by atoms with E-state index in [-0.39, 0.29) is 5.97 Å². The number of hydrogen-bond acceptors (Lipinski definition) is 3. The first kappa shape index (κ1) is 17.4. The zero-order chi connectivity index (χ0) is 18.0. The van der Waals surface area contributed by atoms with Gasteiger partial charge in [0.05, 0.1) is 23.9 Å². The second-order valence-corrected chi connectivity index (χ2v) is 6.86. The average Bonchev–Trinajstić information content (AvgIpc) is 2.60. The van der Waals surface area contributed by atoms with Crippen LogP contribution in [0.25, 0.3) is 22.0 Å². The molecule has 0 spiro atoms. The number of nitrogens with zero attached hydrogens (tertiary/aromatic N) is 1. The summed E-state index contributed by atoms with van der Waals surface area (Å²) in [6.07, 6.45) is 0.697. The molecule has 0 atom stereocenters. The van der Waals surface area contributed by atoms with Crippen LogP contribution in [0.3, 0.4) is 0 Å². The molecule has 4 heteroatoms.